The molecule has 8 heteroatoms. The number of nitrogens with zero attached hydrogens (tertiary/aromatic N) is 3. The fourth-order valence-corrected chi connectivity index (χ4v) is 3.07. The number of hydrogen-bond donors (Lipinski definition) is 2. The van der Waals surface area contributed by atoms with Gasteiger partial charge in [0.05, 0.1) is 42.6 Å². The minimum atomic E-state index is -0.468. The Labute approximate surface area is 155 Å². The molecule has 26 heavy (non-hydrogen) atoms. The molecule has 0 saturated heterocycles. The fourth-order valence-electron chi connectivity index (χ4n) is 2.90. The fraction of sp³-hybridized carbons (Fsp3) is 0.222. The van der Waals surface area contributed by atoms with Gasteiger partial charge in [0.2, 0.25) is 5.91 Å². The molecule has 3 rings (SSSR count). The summed E-state index contributed by atoms with van der Waals surface area (Å²) in [6.45, 7) is -1.16. The maximum Gasteiger partial charge on any atom is 0.260 e. The van der Waals surface area contributed by atoms with Gasteiger partial charge >= 0.3 is 0 Å². The summed E-state index contributed by atoms with van der Waals surface area (Å²) in [7, 11) is 1.62. The van der Waals surface area contributed by atoms with Crippen LogP contribution < -0.4 is 9.80 Å². The van der Waals surface area contributed by atoms with E-state index in [1.165, 1.54) is 9.80 Å². The van der Waals surface area contributed by atoms with Gasteiger partial charge in [-0.2, -0.15) is 0 Å². The predicted molar refractivity (Wildman–Crippen MR) is 98.7 cm³/mol. The molecule has 1 aliphatic rings. The van der Waals surface area contributed by atoms with Crippen molar-refractivity contribution in [3.05, 3.63) is 53.1 Å². The molecule has 1 aliphatic heterocycles. The molecular weight excluding hydrogens is 358 g/mol. The van der Waals surface area contributed by atoms with Crippen molar-refractivity contribution in [2.45, 2.75) is 0 Å². The normalized spacial score (nSPS) is 13.5. The molecule has 2 aromatic rings. The Balaban J connectivity index is 2.19. The molecule has 0 fully saturated rings. The standard InChI is InChI=1S/C18H18ClN3O4/c1-20-16-8-12(19)6-7-15(16)22(17(25)9-21(10-23)11-24)14-5-3-2-4-13(14)18(20)26/h2-8,23-24H,9-11H2,1H3. The molecule has 0 spiro atoms. The Morgan fingerprint density at radius 2 is 1.77 bits per heavy atom. The zero-order chi connectivity index (χ0) is 18.8. The van der Waals surface area contributed by atoms with E-state index < -0.39 is 19.4 Å². The van der Waals surface area contributed by atoms with Crippen LogP contribution in [0.4, 0.5) is 17.1 Å². The Morgan fingerprint density at radius 3 is 2.46 bits per heavy atom. The number of halogens is 1. The number of anilines is 3. The molecular formula is C18H18ClN3O4. The van der Waals surface area contributed by atoms with E-state index in [4.69, 9.17) is 11.6 Å². The Hall–Kier alpha value is -2.45. The van der Waals surface area contributed by atoms with Crippen LogP contribution in [0.15, 0.2) is 42.5 Å². The van der Waals surface area contributed by atoms with Gasteiger partial charge in [0.15, 0.2) is 0 Å². The molecule has 0 aromatic heterocycles. The molecule has 2 N–H and O–H groups in total. The number of para-hydroxylation sites is 1. The topological polar surface area (TPSA) is 84.3 Å². The van der Waals surface area contributed by atoms with Crippen molar-refractivity contribution in [3.63, 3.8) is 0 Å². The largest absolute Gasteiger partial charge is 0.381 e. The third-order valence-corrected chi connectivity index (χ3v) is 4.46. The summed E-state index contributed by atoms with van der Waals surface area (Å²) in [4.78, 5) is 29.9. The van der Waals surface area contributed by atoms with Crippen LogP contribution >= 0.6 is 11.6 Å². The van der Waals surface area contributed by atoms with Crippen LogP contribution in [0.2, 0.25) is 5.02 Å². The highest BCUT2D eigenvalue weighted by atomic mass is 35.5. The number of carbonyl (C=O) groups is 2. The lowest BCUT2D eigenvalue weighted by atomic mass is 10.1. The monoisotopic (exact) mass is 375 g/mol. The Morgan fingerprint density at radius 1 is 1.08 bits per heavy atom. The highest BCUT2D eigenvalue weighted by Crippen LogP contribution is 2.41. The van der Waals surface area contributed by atoms with Gasteiger partial charge < -0.3 is 15.1 Å². The summed E-state index contributed by atoms with van der Waals surface area (Å²) in [5.41, 5.74) is 1.80. The number of hydrogen-bond acceptors (Lipinski definition) is 5. The molecule has 0 radical (unpaired) electrons. The van der Waals surface area contributed by atoms with E-state index in [1.54, 1.807) is 49.5 Å². The average molecular weight is 376 g/mol. The first-order valence-electron chi connectivity index (χ1n) is 7.91. The lowest BCUT2D eigenvalue weighted by Crippen LogP contribution is -2.39. The average Bonchev–Trinajstić information content (AvgIpc) is 2.74. The second-order valence-corrected chi connectivity index (χ2v) is 6.29. The maximum absolute atomic E-state index is 13.0. The first-order chi connectivity index (χ1) is 12.5. The molecule has 2 amide bonds. The molecule has 0 aliphatic carbocycles. The number of amides is 2. The summed E-state index contributed by atoms with van der Waals surface area (Å²) in [6, 6.07) is 11.7. The van der Waals surface area contributed by atoms with Gasteiger partial charge in [-0.3, -0.25) is 14.5 Å². The quantitative estimate of drug-likeness (QED) is 0.796. The van der Waals surface area contributed by atoms with E-state index in [0.29, 0.717) is 27.6 Å². The van der Waals surface area contributed by atoms with Gasteiger partial charge in [0.25, 0.3) is 5.91 Å². The Kier molecular flexibility index (Phi) is 5.24. The van der Waals surface area contributed by atoms with Gasteiger partial charge in [0, 0.05) is 12.1 Å². The molecule has 0 saturated carbocycles. The van der Waals surface area contributed by atoms with Gasteiger partial charge in [-0.1, -0.05) is 23.7 Å². The molecule has 7 nitrogen and oxygen atoms in total. The highest BCUT2D eigenvalue weighted by molar-refractivity contribution is 6.31. The van der Waals surface area contributed by atoms with Crippen LogP contribution in [0, 0.1) is 0 Å². The van der Waals surface area contributed by atoms with Crippen LogP contribution in [0.1, 0.15) is 10.4 Å². The third kappa shape index (κ3) is 3.17. The van der Waals surface area contributed by atoms with Crippen LogP contribution in [0.3, 0.4) is 0 Å². The van der Waals surface area contributed by atoms with Crippen molar-refractivity contribution in [3.8, 4) is 0 Å². The van der Waals surface area contributed by atoms with Gasteiger partial charge in [-0.15, -0.1) is 0 Å². The minimum Gasteiger partial charge on any atom is -0.381 e. The molecule has 1 heterocycles. The lowest BCUT2D eigenvalue weighted by Gasteiger charge is -2.27. The van der Waals surface area contributed by atoms with Crippen LogP contribution in [-0.4, -0.2) is 54.0 Å². The minimum absolute atomic E-state index is 0.221. The van der Waals surface area contributed by atoms with E-state index >= 15 is 0 Å². The Bertz CT molecular complexity index is 854. The summed E-state index contributed by atoms with van der Waals surface area (Å²) >= 11 is 6.10. The second kappa shape index (κ2) is 7.43. The number of carbonyl (C=O) groups excluding carboxylic acids is 2. The smallest absolute Gasteiger partial charge is 0.260 e. The summed E-state index contributed by atoms with van der Waals surface area (Å²) in [5, 5.41) is 18.9. The number of aliphatic hydroxyl groups is 2. The zero-order valence-electron chi connectivity index (χ0n) is 14.1. The summed E-state index contributed by atoms with van der Waals surface area (Å²) < 4.78 is 0. The molecule has 136 valence electrons. The summed E-state index contributed by atoms with van der Waals surface area (Å²) in [6.07, 6.45) is 0. The van der Waals surface area contributed by atoms with Gasteiger partial charge in [-0.25, -0.2) is 4.90 Å². The number of benzene rings is 2. The van der Waals surface area contributed by atoms with Crippen molar-refractivity contribution in [2.75, 3.05) is 36.9 Å². The van der Waals surface area contributed by atoms with Crippen molar-refractivity contribution >= 4 is 40.5 Å². The molecule has 0 atom stereocenters. The van der Waals surface area contributed by atoms with Gasteiger partial charge in [0.1, 0.15) is 0 Å². The molecule has 2 aromatic carbocycles. The summed E-state index contributed by atoms with van der Waals surface area (Å²) in [5.74, 6) is -0.659. The van der Waals surface area contributed by atoms with E-state index in [-0.39, 0.29) is 12.5 Å². The molecule has 0 bridgehead atoms. The SMILES string of the molecule is CN1C(=O)c2ccccc2N(C(=O)CN(CO)CO)c2ccc(Cl)cc21. The van der Waals surface area contributed by atoms with Crippen molar-refractivity contribution in [1.82, 2.24) is 4.90 Å². The van der Waals surface area contributed by atoms with E-state index in [1.807, 2.05) is 0 Å². The third-order valence-electron chi connectivity index (χ3n) is 4.23. The molecule has 0 unspecified atom stereocenters. The first-order valence-corrected chi connectivity index (χ1v) is 8.29. The highest BCUT2D eigenvalue weighted by Gasteiger charge is 2.32. The first kappa shape index (κ1) is 18.3. The van der Waals surface area contributed by atoms with Crippen LogP contribution in [0.25, 0.3) is 0 Å². The number of fused-ring (bicyclic) bond motifs is 2. The van der Waals surface area contributed by atoms with Crippen molar-refractivity contribution in [2.24, 2.45) is 0 Å². The number of aliphatic hydroxyl groups excluding tert-OH is 2. The number of rotatable bonds is 4. The van der Waals surface area contributed by atoms with Crippen molar-refractivity contribution < 1.29 is 19.8 Å². The van der Waals surface area contributed by atoms with E-state index in [9.17, 15) is 19.8 Å². The second-order valence-electron chi connectivity index (χ2n) is 5.86. The predicted octanol–water partition coefficient (Wildman–Crippen LogP) is 1.80. The zero-order valence-corrected chi connectivity index (χ0v) is 14.8. The van der Waals surface area contributed by atoms with Crippen molar-refractivity contribution in [1.29, 1.82) is 0 Å². The van der Waals surface area contributed by atoms with Crippen LogP contribution in [0.5, 0.6) is 0 Å². The maximum atomic E-state index is 13.0. The van der Waals surface area contributed by atoms with E-state index in [0.717, 1.165) is 4.90 Å². The van der Waals surface area contributed by atoms with Gasteiger partial charge in [-0.05, 0) is 30.3 Å². The van der Waals surface area contributed by atoms with E-state index in [2.05, 4.69) is 0 Å². The lowest BCUT2D eigenvalue weighted by molar-refractivity contribution is -0.121. The van der Waals surface area contributed by atoms with Crippen LogP contribution in [-0.2, 0) is 4.79 Å².